The lowest BCUT2D eigenvalue weighted by Crippen LogP contribution is -2.38. The second-order valence-electron chi connectivity index (χ2n) is 6.91. The molecule has 0 aliphatic heterocycles. The minimum absolute atomic E-state index is 0.00609. The topological polar surface area (TPSA) is 49.4 Å². The molecular formula is C18H28N2O2. The third-order valence-electron chi connectivity index (χ3n) is 3.58. The highest BCUT2D eigenvalue weighted by Gasteiger charge is 2.16. The number of rotatable bonds is 5. The van der Waals surface area contributed by atoms with Gasteiger partial charge in [0, 0.05) is 31.6 Å². The molecule has 0 spiro atoms. The Morgan fingerprint density at radius 3 is 2.09 bits per heavy atom. The van der Waals surface area contributed by atoms with E-state index in [1.54, 1.807) is 11.8 Å². The number of nitrogens with zero attached hydrogens (tertiary/aromatic N) is 1. The fraction of sp³-hybridized carbons (Fsp3) is 0.556. The van der Waals surface area contributed by atoms with Gasteiger partial charge in [0.05, 0.1) is 0 Å². The Kier molecular flexibility index (Phi) is 6.15. The summed E-state index contributed by atoms with van der Waals surface area (Å²) in [5, 5.41) is 2.84. The van der Waals surface area contributed by atoms with Crippen molar-refractivity contribution in [1.29, 1.82) is 0 Å². The molecule has 4 heteroatoms. The van der Waals surface area contributed by atoms with E-state index in [0.29, 0.717) is 13.1 Å². The van der Waals surface area contributed by atoms with Gasteiger partial charge in [0.1, 0.15) is 0 Å². The monoisotopic (exact) mass is 304 g/mol. The number of nitrogens with one attached hydrogen (secondary N) is 1. The zero-order valence-corrected chi connectivity index (χ0v) is 14.6. The molecule has 0 saturated carbocycles. The van der Waals surface area contributed by atoms with Crippen LogP contribution in [0.25, 0.3) is 0 Å². The van der Waals surface area contributed by atoms with Gasteiger partial charge in [-0.25, -0.2) is 0 Å². The summed E-state index contributed by atoms with van der Waals surface area (Å²) in [5.41, 5.74) is 2.18. The van der Waals surface area contributed by atoms with Crippen LogP contribution in [0.5, 0.6) is 0 Å². The summed E-state index contributed by atoms with van der Waals surface area (Å²) < 4.78 is 0. The fourth-order valence-corrected chi connectivity index (χ4v) is 2.10. The third kappa shape index (κ3) is 5.17. The molecule has 0 aliphatic carbocycles. The molecule has 1 N–H and O–H groups in total. The Bertz CT molecular complexity index is 513. The van der Waals surface area contributed by atoms with Crippen LogP contribution in [-0.4, -0.2) is 24.9 Å². The molecule has 4 nitrogen and oxygen atoms in total. The largest absolute Gasteiger partial charge is 0.354 e. The number of carbonyl (C=O) groups excluding carboxylic acids is 2. The van der Waals surface area contributed by atoms with Crippen LogP contribution in [0.3, 0.4) is 0 Å². The van der Waals surface area contributed by atoms with Gasteiger partial charge in [-0.3, -0.25) is 9.59 Å². The first kappa shape index (κ1) is 18.2. The summed E-state index contributed by atoms with van der Waals surface area (Å²) in [5.74, 6) is -0.0641. The lowest BCUT2D eigenvalue weighted by atomic mass is 9.87. The van der Waals surface area contributed by atoms with E-state index in [0.717, 1.165) is 5.69 Å². The number of hydrogen-bond donors (Lipinski definition) is 1. The standard InChI is InChI=1S/C18H28N2O2/c1-13(2)17(22)19-11-12-20(14(3)21)16-9-7-15(8-10-16)18(4,5)6/h7-10,13H,11-12H2,1-6H3,(H,19,22). The molecule has 1 aromatic carbocycles. The molecule has 1 rings (SSSR count). The number of amides is 2. The average molecular weight is 304 g/mol. The molecule has 122 valence electrons. The van der Waals surface area contributed by atoms with Crippen LogP contribution in [0.15, 0.2) is 24.3 Å². The summed E-state index contributed by atoms with van der Waals surface area (Å²) in [7, 11) is 0. The number of anilines is 1. The Hall–Kier alpha value is -1.84. The van der Waals surface area contributed by atoms with E-state index in [-0.39, 0.29) is 23.1 Å². The predicted molar refractivity (Wildman–Crippen MR) is 91.0 cm³/mol. The SMILES string of the molecule is CC(=O)N(CCNC(=O)C(C)C)c1ccc(C(C)(C)C)cc1. The zero-order valence-electron chi connectivity index (χ0n) is 14.6. The van der Waals surface area contributed by atoms with Crippen LogP contribution in [0.2, 0.25) is 0 Å². The molecule has 0 atom stereocenters. The molecule has 2 amide bonds. The number of hydrogen-bond acceptors (Lipinski definition) is 2. The van der Waals surface area contributed by atoms with E-state index >= 15 is 0 Å². The van der Waals surface area contributed by atoms with Crippen LogP contribution in [0.1, 0.15) is 47.1 Å². The lowest BCUT2D eigenvalue weighted by Gasteiger charge is -2.24. The summed E-state index contributed by atoms with van der Waals surface area (Å²) in [6, 6.07) is 8.04. The second-order valence-corrected chi connectivity index (χ2v) is 6.91. The molecular weight excluding hydrogens is 276 g/mol. The summed E-state index contributed by atoms with van der Waals surface area (Å²) in [4.78, 5) is 25.1. The normalized spacial score (nSPS) is 11.4. The molecule has 0 aliphatic rings. The highest BCUT2D eigenvalue weighted by Crippen LogP contribution is 2.24. The molecule has 0 unspecified atom stereocenters. The van der Waals surface area contributed by atoms with Crippen LogP contribution >= 0.6 is 0 Å². The van der Waals surface area contributed by atoms with Gasteiger partial charge in [0.2, 0.25) is 11.8 Å². The van der Waals surface area contributed by atoms with Crippen molar-refractivity contribution in [3.05, 3.63) is 29.8 Å². The zero-order chi connectivity index (χ0) is 16.9. The molecule has 22 heavy (non-hydrogen) atoms. The van der Waals surface area contributed by atoms with Crippen molar-refractivity contribution < 1.29 is 9.59 Å². The van der Waals surface area contributed by atoms with Crippen LogP contribution in [0.4, 0.5) is 5.69 Å². The Morgan fingerprint density at radius 2 is 1.68 bits per heavy atom. The van der Waals surface area contributed by atoms with Crippen molar-refractivity contribution >= 4 is 17.5 Å². The first-order valence-electron chi connectivity index (χ1n) is 7.79. The van der Waals surface area contributed by atoms with Gasteiger partial charge < -0.3 is 10.2 Å². The van der Waals surface area contributed by atoms with Crippen molar-refractivity contribution in [2.24, 2.45) is 5.92 Å². The smallest absolute Gasteiger partial charge is 0.223 e. The van der Waals surface area contributed by atoms with Crippen molar-refractivity contribution in [1.82, 2.24) is 5.32 Å². The molecule has 0 fully saturated rings. The van der Waals surface area contributed by atoms with Crippen molar-refractivity contribution in [2.45, 2.75) is 47.0 Å². The summed E-state index contributed by atoms with van der Waals surface area (Å²) >= 11 is 0. The molecule has 1 aromatic rings. The van der Waals surface area contributed by atoms with Crippen LogP contribution in [0, 0.1) is 5.92 Å². The van der Waals surface area contributed by atoms with Gasteiger partial charge in [-0.05, 0) is 23.1 Å². The minimum Gasteiger partial charge on any atom is -0.354 e. The van der Waals surface area contributed by atoms with E-state index in [2.05, 4.69) is 38.2 Å². The fourth-order valence-electron chi connectivity index (χ4n) is 2.10. The van der Waals surface area contributed by atoms with Gasteiger partial charge in [-0.1, -0.05) is 46.8 Å². The molecule has 0 heterocycles. The van der Waals surface area contributed by atoms with Crippen molar-refractivity contribution in [3.8, 4) is 0 Å². The van der Waals surface area contributed by atoms with E-state index in [9.17, 15) is 9.59 Å². The maximum absolute atomic E-state index is 11.8. The second kappa shape index (κ2) is 7.43. The summed E-state index contributed by atoms with van der Waals surface area (Å²) in [6.07, 6.45) is 0. The van der Waals surface area contributed by atoms with E-state index in [1.807, 2.05) is 26.0 Å². The summed E-state index contributed by atoms with van der Waals surface area (Å²) in [6.45, 7) is 12.7. The van der Waals surface area contributed by atoms with Crippen LogP contribution < -0.4 is 10.2 Å². The van der Waals surface area contributed by atoms with Gasteiger partial charge >= 0.3 is 0 Å². The first-order chi connectivity index (χ1) is 10.1. The van der Waals surface area contributed by atoms with Gasteiger partial charge in [0.25, 0.3) is 0 Å². The van der Waals surface area contributed by atoms with Gasteiger partial charge in [-0.15, -0.1) is 0 Å². The number of benzene rings is 1. The highest BCUT2D eigenvalue weighted by atomic mass is 16.2. The van der Waals surface area contributed by atoms with Crippen molar-refractivity contribution in [2.75, 3.05) is 18.0 Å². The quantitative estimate of drug-likeness (QED) is 0.908. The molecule has 0 bridgehead atoms. The minimum atomic E-state index is -0.0446. The van der Waals surface area contributed by atoms with E-state index < -0.39 is 0 Å². The average Bonchev–Trinajstić information content (AvgIpc) is 2.42. The van der Waals surface area contributed by atoms with Crippen LogP contribution in [-0.2, 0) is 15.0 Å². The van der Waals surface area contributed by atoms with E-state index in [1.165, 1.54) is 5.56 Å². The van der Waals surface area contributed by atoms with Gasteiger partial charge in [-0.2, -0.15) is 0 Å². The Labute approximate surface area is 133 Å². The lowest BCUT2D eigenvalue weighted by molar-refractivity contribution is -0.124. The number of carbonyl (C=O) groups is 2. The molecule has 0 aromatic heterocycles. The van der Waals surface area contributed by atoms with Gasteiger partial charge in [0.15, 0.2) is 0 Å². The van der Waals surface area contributed by atoms with Crippen molar-refractivity contribution in [3.63, 3.8) is 0 Å². The predicted octanol–water partition coefficient (Wildman–Crippen LogP) is 3.11. The maximum atomic E-state index is 11.8. The Morgan fingerprint density at radius 1 is 1.14 bits per heavy atom. The maximum Gasteiger partial charge on any atom is 0.223 e. The highest BCUT2D eigenvalue weighted by molar-refractivity contribution is 5.91. The molecule has 0 saturated heterocycles. The first-order valence-corrected chi connectivity index (χ1v) is 7.79. The van der Waals surface area contributed by atoms with E-state index in [4.69, 9.17) is 0 Å². The third-order valence-corrected chi connectivity index (χ3v) is 3.58. The Balaban J connectivity index is 2.75. The molecule has 0 radical (unpaired) electrons.